The SMILES string of the molecule is CCCNC1CCN(CC(C)COC)C(C)C1C. The van der Waals surface area contributed by atoms with Crippen LogP contribution in [0.15, 0.2) is 0 Å². The van der Waals surface area contributed by atoms with Gasteiger partial charge in [0.1, 0.15) is 0 Å². The third-order valence-electron chi connectivity index (χ3n) is 4.35. The molecule has 3 heteroatoms. The Balaban J connectivity index is 2.42. The van der Waals surface area contributed by atoms with Gasteiger partial charge in [-0.1, -0.05) is 20.8 Å². The highest BCUT2D eigenvalue weighted by molar-refractivity contribution is 4.89. The number of ether oxygens (including phenoxy) is 1. The monoisotopic (exact) mass is 256 g/mol. The zero-order valence-corrected chi connectivity index (χ0v) is 12.9. The van der Waals surface area contributed by atoms with Crippen LogP contribution in [0.3, 0.4) is 0 Å². The molecular weight excluding hydrogens is 224 g/mol. The smallest absolute Gasteiger partial charge is 0.0500 e. The average molecular weight is 256 g/mol. The van der Waals surface area contributed by atoms with Crippen molar-refractivity contribution < 1.29 is 4.74 Å². The number of piperidine rings is 1. The summed E-state index contributed by atoms with van der Waals surface area (Å²) in [5, 5.41) is 3.70. The molecule has 0 radical (unpaired) electrons. The van der Waals surface area contributed by atoms with Crippen LogP contribution in [0.4, 0.5) is 0 Å². The summed E-state index contributed by atoms with van der Waals surface area (Å²) < 4.78 is 5.24. The highest BCUT2D eigenvalue weighted by atomic mass is 16.5. The second-order valence-electron chi connectivity index (χ2n) is 6.00. The molecule has 1 aliphatic rings. The molecule has 4 unspecified atom stereocenters. The van der Waals surface area contributed by atoms with Crippen molar-refractivity contribution in [2.24, 2.45) is 11.8 Å². The second kappa shape index (κ2) is 8.13. The van der Waals surface area contributed by atoms with Gasteiger partial charge in [0.05, 0.1) is 0 Å². The van der Waals surface area contributed by atoms with Gasteiger partial charge in [-0.15, -0.1) is 0 Å². The summed E-state index contributed by atoms with van der Waals surface area (Å²) in [5.41, 5.74) is 0. The number of methoxy groups -OCH3 is 1. The summed E-state index contributed by atoms with van der Waals surface area (Å²) in [6, 6.07) is 1.38. The maximum Gasteiger partial charge on any atom is 0.0500 e. The number of hydrogen-bond acceptors (Lipinski definition) is 3. The van der Waals surface area contributed by atoms with Gasteiger partial charge in [0.25, 0.3) is 0 Å². The molecule has 0 aromatic rings. The van der Waals surface area contributed by atoms with Crippen LogP contribution in [0.5, 0.6) is 0 Å². The first-order chi connectivity index (χ1) is 8.60. The molecule has 1 rings (SSSR count). The molecule has 1 heterocycles. The van der Waals surface area contributed by atoms with E-state index in [0.29, 0.717) is 18.0 Å². The summed E-state index contributed by atoms with van der Waals surface area (Å²) >= 11 is 0. The molecule has 3 nitrogen and oxygen atoms in total. The normalized spacial score (nSPS) is 31.5. The molecule has 18 heavy (non-hydrogen) atoms. The highest BCUT2D eigenvalue weighted by Gasteiger charge is 2.32. The van der Waals surface area contributed by atoms with E-state index in [1.165, 1.54) is 25.9 Å². The number of nitrogens with zero attached hydrogens (tertiary/aromatic N) is 1. The van der Waals surface area contributed by atoms with E-state index in [0.717, 1.165) is 19.1 Å². The summed E-state index contributed by atoms with van der Waals surface area (Å²) in [4.78, 5) is 2.64. The van der Waals surface area contributed by atoms with Gasteiger partial charge in [-0.2, -0.15) is 0 Å². The van der Waals surface area contributed by atoms with Crippen molar-refractivity contribution in [3.63, 3.8) is 0 Å². The van der Waals surface area contributed by atoms with E-state index in [-0.39, 0.29) is 0 Å². The molecule has 0 amide bonds. The second-order valence-corrected chi connectivity index (χ2v) is 6.00. The Labute approximate surface area is 113 Å². The first-order valence-corrected chi connectivity index (χ1v) is 7.56. The van der Waals surface area contributed by atoms with Crippen LogP contribution in [0.1, 0.15) is 40.5 Å². The van der Waals surface area contributed by atoms with Crippen LogP contribution in [-0.4, -0.2) is 50.3 Å². The maximum absolute atomic E-state index is 5.24. The van der Waals surface area contributed by atoms with Gasteiger partial charge in [0.15, 0.2) is 0 Å². The van der Waals surface area contributed by atoms with Crippen molar-refractivity contribution >= 4 is 0 Å². The lowest BCUT2D eigenvalue weighted by molar-refractivity contribution is 0.0547. The third-order valence-corrected chi connectivity index (χ3v) is 4.35. The lowest BCUT2D eigenvalue weighted by Gasteiger charge is -2.44. The molecule has 1 aliphatic heterocycles. The van der Waals surface area contributed by atoms with Crippen LogP contribution in [0, 0.1) is 11.8 Å². The van der Waals surface area contributed by atoms with Crippen LogP contribution in [0.25, 0.3) is 0 Å². The van der Waals surface area contributed by atoms with Crippen molar-refractivity contribution in [1.82, 2.24) is 10.2 Å². The largest absolute Gasteiger partial charge is 0.384 e. The number of hydrogen-bond donors (Lipinski definition) is 1. The van der Waals surface area contributed by atoms with Crippen LogP contribution < -0.4 is 5.32 Å². The van der Waals surface area contributed by atoms with E-state index in [9.17, 15) is 0 Å². The number of rotatable bonds is 7. The van der Waals surface area contributed by atoms with Crippen LogP contribution in [-0.2, 0) is 4.74 Å². The van der Waals surface area contributed by atoms with E-state index in [1.54, 1.807) is 7.11 Å². The van der Waals surface area contributed by atoms with E-state index in [4.69, 9.17) is 4.74 Å². The van der Waals surface area contributed by atoms with Crippen molar-refractivity contribution in [3.05, 3.63) is 0 Å². The molecule has 0 spiro atoms. The standard InChI is InChI=1S/C15H32N2O/c1-6-8-16-15-7-9-17(14(4)13(15)3)10-12(2)11-18-5/h12-16H,6-11H2,1-5H3. The lowest BCUT2D eigenvalue weighted by atomic mass is 9.86. The average Bonchev–Trinajstić information content (AvgIpc) is 2.34. The molecular formula is C15H32N2O. The third kappa shape index (κ3) is 4.52. The van der Waals surface area contributed by atoms with Crippen LogP contribution in [0.2, 0.25) is 0 Å². The molecule has 0 aliphatic carbocycles. The molecule has 1 fully saturated rings. The summed E-state index contributed by atoms with van der Waals surface area (Å²) in [5.74, 6) is 1.37. The molecule has 108 valence electrons. The van der Waals surface area contributed by atoms with Gasteiger partial charge < -0.3 is 10.1 Å². The Morgan fingerprint density at radius 1 is 1.39 bits per heavy atom. The molecule has 4 atom stereocenters. The van der Waals surface area contributed by atoms with Crippen molar-refractivity contribution in [2.75, 3.05) is 33.4 Å². The first kappa shape index (κ1) is 15.9. The fourth-order valence-electron chi connectivity index (χ4n) is 3.05. The van der Waals surface area contributed by atoms with Gasteiger partial charge in [-0.05, 0) is 44.7 Å². The zero-order chi connectivity index (χ0) is 13.5. The minimum atomic E-state index is 0.629. The topological polar surface area (TPSA) is 24.5 Å². The maximum atomic E-state index is 5.24. The van der Waals surface area contributed by atoms with Crippen molar-refractivity contribution in [2.45, 2.75) is 52.6 Å². The van der Waals surface area contributed by atoms with Crippen molar-refractivity contribution in [1.29, 1.82) is 0 Å². The van der Waals surface area contributed by atoms with Gasteiger partial charge in [0.2, 0.25) is 0 Å². The van der Waals surface area contributed by atoms with E-state index >= 15 is 0 Å². The minimum Gasteiger partial charge on any atom is -0.384 e. The predicted molar refractivity (Wildman–Crippen MR) is 77.9 cm³/mol. The highest BCUT2D eigenvalue weighted by Crippen LogP contribution is 2.24. The number of likely N-dealkylation sites (tertiary alicyclic amines) is 1. The zero-order valence-electron chi connectivity index (χ0n) is 12.9. The van der Waals surface area contributed by atoms with Gasteiger partial charge in [0, 0.05) is 32.3 Å². The Bertz CT molecular complexity index is 223. The Morgan fingerprint density at radius 3 is 2.72 bits per heavy atom. The van der Waals surface area contributed by atoms with E-state index in [2.05, 4.69) is 37.9 Å². The van der Waals surface area contributed by atoms with Crippen LogP contribution >= 0.6 is 0 Å². The quantitative estimate of drug-likeness (QED) is 0.757. The summed E-state index contributed by atoms with van der Waals surface area (Å²) in [6.07, 6.45) is 2.51. The predicted octanol–water partition coefficient (Wildman–Crippen LogP) is 2.37. The molecule has 1 N–H and O–H groups in total. The summed E-state index contributed by atoms with van der Waals surface area (Å²) in [7, 11) is 1.80. The molecule has 0 bridgehead atoms. The first-order valence-electron chi connectivity index (χ1n) is 7.56. The fraction of sp³-hybridized carbons (Fsp3) is 1.00. The van der Waals surface area contributed by atoms with E-state index in [1.807, 2.05) is 0 Å². The Kier molecular flexibility index (Phi) is 7.20. The number of nitrogens with one attached hydrogen (secondary N) is 1. The Hall–Kier alpha value is -0.120. The minimum absolute atomic E-state index is 0.629. The van der Waals surface area contributed by atoms with Gasteiger partial charge in [-0.3, -0.25) is 4.90 Å². The fourth-order valence-corrected chi connectivity index (χ4v) is 3.05. The van der Waals surface area contributed by atoms with Gasteiger partial charge >= 0.3 is 0 Å². The Morgan fingerprint density at radius 2 is 2.11 bits per heavy atom. The summed E-state index contributed by atoms with van der Waals surface area (Å²) in [6.45, 7) is 13.7. The molecule has 1 saturated heterocycles. The molecule has 0 aromatic carbocycles. The van der Waals surface area contributed by atoms with Gasteiger partial charge in [-0.25, -0.2) is 0 Å². The molecule has 0 aromatic heterocycles. The van der Waals surface area contributed by atoms with E-state index < -0.39 is 0 Å². The lowest BCUT2D eigenvalue weighted by Crippen LogP contribution is -2.54. The molecule has 0 saturated carbocycles. The van der Waals surface area contributed by atoms with Crippen molar-refractivity contribution in [3.8, 4) is 0 Å².